The zero-order chi connectivity index (χ0) is 24.5. The van der Waals surface area contributed by atoms with E-state index in [4.69, 9.17) is 0 Å². The van der Waals surface area contributed by atoms with Gasteiger partial charge in [-0.3, -0.25) is 14.4 Å². The van der Waals surface area contributed by atoms with E-state index >= 15 is 0 Å². The first kappa shape index (κ1) is 21.8. The molecule has 0 spiro atoms. The van der Waals surface area contributed by atoms with Crippen LogP contribution in [-0.4, -0.2) is 28.8 Å². The molecule has 4 aromatic carbocycles. The van der Waals surface area contributed by atoms with Crippen molar-refractivity contribution in [3.05, 3.63) is 119 Å². The molecule has 5 rings (SSSR count). The van der Waals surface area contributed by atoms with Crippen molar-refractivity contribution in [2.45, 2.75) is 0 Å². The molecule has 0 unspecified atom stereocenters. The van der Waals surface area contributed by atoms with E-state index in [2.05, 4.69) is 5.32 Å². The minimum absolute atomic E-state index is 0.00719. The topological polar surface area (TPSA) is 104 Å². The zero-order valence-electron chi connectivity index (χ0n) is 18.3. The molecule has 35 heavy (non-hydrogen) atoms. The van der Waals surface area contributed by atoms with Crippen LogP contribution in [0.15, 0.2) is 97.1 Å². The third-order valence-corrected chi connectivity index (χ3v) is 5.76. The normalized spacial score (nSPS) is 12.4. The van der Waals surface area contributed by atoms with Crippen molar-refractivity contribution in [3.63, 3.8) is 0 Å². The van der Waals surface area contributed by atoms with Crippen molar-refractivity contribution in [1.82, 2.24) is 0 Å². The fourth-order valence-corrected chi connectivity index (χ4v) is 4.05. The summed E-state index contributed by atoms with van der Waals surface area (Å²) in [6.45, 7) is 0. The second kappa shape index (κ2) is 8.72. The van der Waals surface area contributed by atoms with E-state index in [0.29, 0.717) is 22.5 Å². The summed E-state index contributed by atoms with van der Waals surface area (Å²) in [6, 6.07) is 26.6. The molecule has 0 aromatic heterocycles. The number of imide groups is 1. The summed E-state index contributed by atoms with van der Waals surface area (Å²) in [6.07, 6.45) is 0. The number of carbonyl (C=O) groups excluding carboxylic acids is 3. The number of carboxylic acids is 1. The summed E-state index contributed by atoms with van der Waals surface area (Å²) in [7, 11) is 0. The molecule has 1 aliphatic rings. The number of carboxylic acid groups (broad SMARTS) is 1. The van der Waals surface area contributed by atoms with Crippen molar-refractivity contribution < 1.29 is 24.3 Å². The number of aromatic carboxylic acids is 1. The van der Waals surface area contributed by atoms with Gasteiger partial charge in [0, 0.05) is 5.69 Å². The Morgan fingerprint density at radius 3 is 1.94 bits per heavy atom. The van der Waals surface area contributed by atoms with Crippen molar-refractivity contribution in [1.29, 1.82) is 0 Å². The summed E-state index contributed by atoms with van der Waals surface area (Å²) < 4.78 is 0. The Morgan fingerprint density at radius 2 is 1.26 bits per heavy atom. The number of amides is 3. The minimum Gasteiger partial charge on any atom is -0.478 e. The van der Waals surface area contributed by atoms with Gasteiger partial charge in [0.05, 0.1) is 27.9 Å². The maximum absolute atomic E-state index is 13.0. The van der Waals surface area contributed by atoms with Gasteiger partial charge in [-0.2, -0.15) is 0 Å². The Morgan fingerprint density at radius 1 is 0.657 bits per heavy atom. The SMILES string of the molecule is O=C(O)c1cc(-c2ccc3c(c2)C(=O)N(c2ccccc2)C3=O)ccc1C(=O)Nc1ccccc1. The Labute approximate surface area is 200 Å². The van der Waals surface area contributed by atoms with E-state index in [1.54, 1.807) is 84.9 Å². The second-order valence-corrected chi connectivity index (χ2v) is 7.93. The van der Waals surface area contributed by atoms with Gasteiger partial charge in [0.1, 0.15) is 0 Å². The Hall–Kier alpha value is -5.04. The molecule has 7 nitrogen and oxygen atoms in total. The molecule has 0 aliphatic carbocycles. The van der Waals surface area contributed by atoms with E-state index in [1.165, 1.54) is 12.1 Å². The second-order valence-electron chi connectivity index (χ2n) is 7.93. The maximum Gasteiger partial charge on any atom is 0.336 e. The monoisotopic (exact) mass is 462 g/mol. The van der Waals surface area contributed by atoms with Gasteiger partial charge in [0.15, 0.2) is 0 Å². The Kier molecular flexibility index (Phi) is 5.43. The van der Waals surface area contributed by atoms with Gasteiger partial charge >= 0.3 is 5.97 Å². The first-order valence-corrected chi connectivity index (χ1v) is 10.8. The van der Waals surface area contributed by atoms with Crippen molar-refractivity contribution in [2.75, 3.05) is 10.2 Å². The van der Waals surface area contributed by atoms with Gasteiger partial charge in [0.2, 0.25) is 0 Å². The van der Waals surface area contributed by atoms with Crippen LogP contribution in [0, 0.1) is 0 Å². The van der Waals surface area contributed by atoms with E-state index in [-0.39, 0.29) is 22.3 Å². The summed E-state index contributed by atoms with van der Waals surface area (Å²) in [4.78, 5) is 51.7. The van der Waals surface area contributed by atoms with Crippen LogP contribution in [0.4, 0.5) is 11.4 Å². The first-order valence-electron chi connectivity index (χ1n) is 10.8. The average molecular weight is 462 g/mol. The van der Waals surface area contributed by atoms with Crippen LogP contribution in [0.3, 0.4) is 0 Å². The number of carbonyl (C=O) groups is 4. The number of hydrogen-bond donors (Lipinski definition) is 2. The Bertz CT molecular complexity index is 1500. The van der Waals surface area contributed by atoms with E-state index < -0.39 is 23.7 Å². The summed E-state index contributed by atoms with van der Waals surface area (Å²) in [5.41, 5.74) is 2.42. The number of benzene rings is 4. The van der Waals surface area contributed by atoms with Gasteiger partial charge in [-0.1, -0.05) is 48.5 Å². The highest BCUT2D eigenvalue weighted by Gasteiger charge is 2.36. The fourth-order valence-electron chi connectivity index (χ4n) is 4.05. The van der Waals surface area contributed by atoms with Gasteiger partial charge in [-0.25, -0.2) is 9.69 Å². The summed E-state index contributed by atoms with van der Waals surface area (Å²) in [5, 5.41) is 12.4. The molecule has 0 bridgehead atoms. The molecule has 4 aromatic rings. The molecule has 0 radical (unpaired) electrons. The number of nitrogens with zero attached hydrogens (tertiary/aromatic N) is 1. The van der Waals surface area contributed by atoms with Gasteiger partial charge in [-0.05, 0) is 59.7 Å². The highest BCUT2D eigenvalue weighted by atomic mass is 16.4. The number of anilines is 2. The van der Waals surface area contributed by atoms with Crippen LogP contribution in [0.25, 0.3) is 11.1 Å². The molecule has 170 valence electrons. The van der Waals surface area contributed by atoms with Gasteiger partial charge in [0.25, 0.3) is 17.7 Å². The van der Waals surface area contributed by atoms with Crippen LogP contribution in [-0.2, 0) is 0 Å². The predicted molar refractivity (Wildman–Crippen MR) is 131 cm³/mol. The van der Waals surface area contributed by atoms with Crippen molar-refractivity contribution in [2.24, 2.45) is 0 Å². The molecule has 7 heteroatoms. The standard InChI is InChI=1S/C28H18N2O5/c31-25(29-19-7-3-1-4-8-19)21-13-11-18(16-24(21)28(34)35)17-12-14-22-23(15-17)27(33)30(26(22)32)20-9-5-2-6-10-20/h1-16H,(H,29,31)(H,34,35). The molecule has 3 amide bonds. The molecule has 1 aliphatic heterocycles. The van der Waals surface area contributed by atoms with Crippen LogP contribution in [0.5, 0.6) is 0 Å². The Balaban J connectivity index is 1.49. The van der Waals surface area contributed by atoms with Crippen LogP contribution >= 0.6 is 0 Å². The highest BCUT2D eigenvalue weighted by molar-refractivity contribution is 6.34. The summed E-state index contributed by atoms with van der Waals surface area (Å²) >= 11 is 0. The van der Waals surface area contributed by atoms with E-state index in [9.17, 15) is 24.3 Å². The van der Waals surface area contributed by atoms with Gasteiger partial charge < -0.3 is 10.4 Å². The van der Waals surface area contributed by atoms with E-state index in [1.807, 2.05) is 0 Å². The fraction of sp³-hybridized carbons (Fsp3) is 0. The third-order valence-electron chi connectivity index (χ3n) is 5.76. The number of hydrogen-bond acceptors (Lipinski definition) is 4. The van der Waals surface area contributed by atoms with Crippen molar-refractivity contribution >= 4 is 35.1 Å². The smallest absolute Gasteiger partial charge is 0.336 e. The van der Waals surface area contributed by atoms with Crippen LogP contribution in [0.2, 0.25) is 0 Å². The van der Waals surface area contributed by atoms with Gasteiger partial charge in [-0.15, -0.1) is 0 Å². The zero-order valence-corrected chi connectivity index (χ0v) is 18.3. The quantitative estimate of drug-likeness (QED) is 0.402. The van der Waals surface area contributed by atoms with Crippen LogP contribution in [0.1, 0.15) is 41.4 Å². The number of rotatable bonds is 5. The lowest BCUT2D eigenvalue weighted by atomic mass is 9.96. The van der Waals surface area contributed by atoms with E-state index in [0.717, 1.165) is 4.90 Å². The molecule has 0 saturated carbocycles. The lowest BCUT2D eigenvalue weighted by molar-refractivity contribution is 0.0692. The third kappa shape index (κ3) is 3.95. The highest BCUT2D eigenvalue weighted by Crippen LogP contribution is 2.32. The molecule has 0 fully saturated rings. The molecular weight excluding hydrogens is 444 g/mol. The largest absolute Gasteiger partial charge is 0.478 e. The maximum atomic E-state index is 13.0. The molecule has 0 atom stereocenters. The minimum atomic E-state index is -1.26. The number of nitrogens with one attached hydrogen (secondary N) is 1. The average Bonchev–Trinajstić information content (AvgIpc) is 3.13. The number of fused-ring (bicyclic) bond motifs is 1. The molecule has 0 saturated heterocycles. The molecule has 2 N–H and O–H groups in total. The lowest BCUT2D eigenvalue weighted by Crippen LogP contribution is -2.29. The number of para-hydroxylation sites is 2. The molecule has 1 heterocycles. The van der Waals surface area contributed by atoms with Crippen molar-refractivity contribution in [3.8, 4) is 11.1 Å². The predicted octanol–water partition coefficient (Wildman–Crippen LogP) is 5.10. The first-order chi connectivity index (χ1) is 16.9. The van der Waals surface area contributed by atoms with Crippen LogP contribution < -0.4 is 10.2 Å². The molecular formula is C28H18N2O5. The summed E-state index contributed by atoms with van der Waals surface area (Å²) in [5.74, 6) is -2.67. The lowest BCUT2D eigenvalue weighted by Gasteiger charge is -2.13.